The molecule has 11 aromatic rings. The van der Waals surface area contributed by atoms with Crippen molar-refractivity contribution in [2.45, 2.75) is 5.41 Å². The molecule has 1 aliphatic carbocycles. The third kappa shape index (κ3) is 5.32. The van der Waals surface area contributed by atoms with Crippen LogP contribution in [0.1, 0.15) is 22.3 Å². The summed E-state index contributed by atoms with van der Waals surface area (Å²) in [7, 11) is 0. The minimum Gasteiger partial charge on any atom is -0.310 e. The van der Waals surface area contributed by atoms with E-state index >= 15 is 0 Å². The van der Waals surface area contributed by atoms with Gasteiger partial charge in [-0.2, -0.15) is 0 Å². The first-order valence-corrected chi connectivity index (χ1v) is 22.8. The number of nitrogens with zero attached hydrogens (tertiary/aromatic N) is 2. The van der Waals surface area contributed by atoms with E-state index in [1.54, 1.807) is 0 Å². The summed E-state index contributed by atoms with van der Waals surface area (Å²) in [6.45, 7) is 0. The first-order valence-electron chi connectivity index (χ1n) is 22.0. The number of benzene rings is 10. The largest absolute Gasteiger partial charge is 0.310 e. The van der Waals surface area contributed by atoms with Crippen LogP contribution < -0.4 is 9.80 Å². The number of para-hydroxylation sites is 4. The van der Waals surface area contributed by atoms with E-state index in [2.05, 4.69) is 252 Å². The maximum Gasteiger partial charge on any atom is 0.0755 e. The third-order valence-electron chi connectivity index (χ3n) is 13.5. The number of thiophene rings is 1. The summed E-state index contributed by atoms with van der Waals surface area (Å²) < 4.78 is 2.59. The molecule has 0 saturated heterocycles. The number of hydrogen-bond donors (Lipinski definition) is 0. The molecule has 0 amide bonds. The average Bonchev–Trinajstić information content (AvgIpc) is 3.89. The van der Waals surface area contributed by atoms with Crippen LogP contribution in [0.5, 0.6) is 0 Å². The molecular weight excluding hydrogens is 793 g/mol. The zero-order valence-corrected chi connectivity index (χ0v) is 35.7. The normalized spacial score (nSPS) is 13.1. The van der Waals surface area contributed by atoms with Crippen LogP contribution in [0.15, 0.2) is 243 Å². The lowest BCUT2D eigenvalue weighted by atomic mass is 9.64. The molecule has 3 heteroatoms. The number of fused-ring (bicyclic) bond motifs is 12. The van der Waals surface area contributed by atoms with Crippen molar-refractivity contribution in [1.29, 1.82) is 0 Å². The van der Waals surface area contributed by atoms with Crippen LogP contribution in [0.4, 0.5) is 34.1 Å². The Morgan fingerprint density at radius 3 is 1.67 bits per heavy atom. The van der Waals surface area contributed by atoms with E-state index in [4.69, 9.17) is 0 Å². The molecule has 64 heavy (non-hydrogen) atoms. The van der Waals surface area contributed by atoms with Crippen LogP contribution >= 0.6 is 11.3 Å². The Labute approximate surface area is 377 Å². The Balaban J connectivity index is 1.12. The molecule has 0 atom stereocenters. The second kappa shape index (κ2) is 14.6. The van der Waals surface area contributed by atoms with Crippen molar-refractivity contribution in [2.75, 3.05) is 9.80 Å². The molecule has 1 aliphatic heterocycles. The van der Waals surface area contributed by atoms with Gasteiger partial charge in [0.05, 0.1) is 28.2 Å². The molecule has 1 spiro atoms. The van der Waals surface area contributed by atoms with E-state index in [0.29, 0.717) is 0 Å². The summed E-state index contributed by atoms with van der Waals surface area (Å²) in [5, 5.41) is 2.55. The topological polar surface area (TPSA) is 6.48 Å². The second-order valence-electron chi connectivity index (χ2n) is 16.7. The predicted molar refractivity (Wildman–Crippen MR) is 270 cm³/mol. The average molecular weight is 833 g/mol. The van der Waals surface area contributed by atoms with Crippen molar-refractivity contribution in [3.63, 3.8) is 0 Å². The van der Waals surface area contributed by atoms with Crippen LogP contribution in [-0.2, 0) is 5.41 Å². The van der Waals surface area contributed by atoms with Gasteiger partial charge >= 0.3 is 0 Å². The van der Waals surface area contributed by atoms with Gasteiger partial charge in [0.25, 0.3) is 0 Å². The maximum absolute atomic E-state index is 2.55. The van der Waals surface area contributed by atoms with E-state index < -0.39 is 5.41 Å². The van der Waals surface area contributed by atoms with Crippen LogP contribution in [-0.4, -0.2) is 0 Å². The van der Waals surface area contributed by atoms with Crippen molar-refractivity contribution >= 4 is 65.6 Å². The molecule has 10 aromatic carbocycles. The minimum atomic E-state index is -0.584. The predicted octanol–water partition coefficient (Wildman–Crippen LogP) is 17.0. The highest BCUT2D eigenvalue weighted by atomic mass is 32.1. The second-order valence-corrected chi connectivity index (χ2v) is 17.8. The standard InChI is InChI=1S/C61H40N2S/c1-3-20-41(21-4-1)44-24-7-8-25-45(44)46-26-10-15-33-54(46)63(43-38-39-59-49(40-43)47-27-11-18-37-58(47)64-59)57-36-19-32-53-60(57)48-28-9-12-29-50(48)61(53)51-30-13-16-34-55(51)62(42-22-5-2-6-23-42)56-35-17-14-31-52(56)61/h1-40H. The van der Waals surface area contributed by atoms with Crippen molar-refractivity contribution in [3.05, 3.63) is 265 Å². The maximum atomic E-state index is 2.55. The van der Waals surface area contributed by atoms with Crippen molar-refractivity contribution in [3.8, 4) is 33.4 Å². The molecule has 0 radical (unpaired) electrons. The van der Waals surface area contributed by atoms with E-state index in [0.717, 1.165) is 22.7 Å². The van der Waals surface area contributed by atoms with E-state index in [-0.39, 0.29) is 0 Å². The van der Waals surface area contributed by atoms with Crippen LogP contribution in [0.3, 0.4) is 0 Å². The Hall–Kier alpha value is -7.98. The number of rotatable bonds is 6. The Morgan fingerprint density at radius 2 is 0.906 bits per heavy atom. The lowest BCUT2D eigenvalue weighted by Crippen LogP contribution is -2.36. The summed E-state index contributed by atoms with van der Waals surface area (Å²) in [5.74, 6) is 0. The SMILES string of the molecule is c1ccc(-c2ccccc2-c2ccccc2N(c2ccc3sc4ccccc4c3c2)c2cccc3c2-c2ccccc2C32c3ccccc3N(c3ccccc3)c3ccccc32)cc1. The van der Waals surface area contributed by atoms with Crippen molar-refractivity contribution in [2.24, 2.45) is 0 Å². The zero-order chi connectivity index (χ0) is 42.2. The molecule has 0 fully saturated rings. The van der Waals surface area contributed by atoms with Gasteiger partial charge in [-0.25, -0.2) is 0 Å². The first kappa shape index (κ1) is 36.7. The Morgan fingerprint density at radius 1 is 0.359 bits per heavy atom. The molecule has 0 unspecified atom stereocenters. The monoisotopic (exact) mass is 832 g/mol. The van der Waals surface area contributed by atoms with E-state index in [9.17, 15) is 0 Å². The number of anilines is 6. The summed E-state index contributed by atoms with van der Waals surface area (Å²) >= 11 is 1.86. The van der Waals surface area contributed by atoms with Gasteiger partial charge in [-0.3, -0.25) is 0 Å². The molecule has 13 rings (SSSR count). The van der Waals surface area contributed by atoms with Crippen molar-refractivity contribution < 1.29 is 0 Å². The van der Waals surface area contributed by atoms with E-state index in [1.807, 2.05) is 11.3 Å². The van der Waals surface area contributed by atoms with E-state index in [1.165, 1.54) is 87.2 Å². The van der Waals surface area contributed by atoms with Crippen molar-refractivity contribution in [1.82, 2.24) is 0 Å². The fraction of sp³-hybridized carbons (Fsp3) is 0.0164. The van der Waals surface area contributed by atoms with Gasteiger partial charge in [0.2, 0.25) is 0 Å². The number of hydrogen-bond acceptors (Lipinski definition) is 3. The molecule has 0 saturated carbocycles. The van der Waals surface area contributed by atoms with Gasteiger partial charge in [0, 0.05) is 42.7 Å². The summed E-state index contributed by atoms with van der Waals surface area (Å²) in [6, 6.07) is 89.7. The first-order chi connectivity index (χ1) is 31.8. The van der Waals surface area contributed by atoms with Gasteiger partial charge in [0.1, 0.15) is 0 Å². The van der Waals surface area contributed by atoms with Gasteiger partial charge in [-0.1, -0.05) is 182 Å². The Bertz CT molecular complexity index is 3540. The van der Waals surface area contributed by atoms with Gasteiger partial charge < -0.3 is 9.80 Å². The highest BCUT2D eigenvalue weighted by Crippen LogP contribution is 2.65. The lowest BCUT2D eigenvalue weighted by Gasteiger charge is -2.45. The molecule has 0 bridgehead atoms. The summed E-state index contributed by atoms with van der Waals surface area (Å²) in [5.41, 5.74) is 18.7. The van der Waals surface area contributed by atoms with Crippen LogP contribution in [0.2, 0.25) is 0 Å². The minimum absolute atomic E-state index is 0.584. The molecule has 1 aromatic heterocycles. The van der Waals surface area contributed by atoms with Crippen LogP contribution in [0, 0.1) is 0 Å². The zero-order valence-electron chi connectivity index (χ0n) is 34.9. The van der Waals surface area contributed by atoms with Gasteiger partial charge in [-0.15, -0.1) is 11.3 Å². The molecule has 2 heterocycles. The third-order valence-corrected chi connectivity index (χ3v) is 14.6. The smallest absolute Gasteiger partial charge is 0.0755 e. The lowest BCUT2D eigenvalue weighted by molar-refractivity contribution is 0.752. The fourth-order valence-electron chi connectivity index (χ4n) is 10.9. The Kier molecular flexibility index (Phi) is 8.34. The summed E-state index contributed by atoms with van der Waals surface area (Å²) in [6.07, 6.45) is 0. The molecule has 2 aliphatic rings. The van der Waals surface area contributed by atoms with Crippen LogP contribution in [0.25, 0.3) is 53.6 Å². The molecule has 300 valence electrons. The molecule has 0 N–H and O–H groups in total. The van der Waals surface area contributed by atoms with Gasteiger partial charge in [0.15, 0.2) is 0 Å². The summed E-state index contributed by atoms with van der Waals surface area (Å²) in [4.78, 5) is 5.00. The quantitative estimate of drug-likeness (QED) is 0.165. The fourth-order valence-corrected chi connectivity index (χ4v) is 12.0. The van der Waals surface area contributed by atoms with Gasteiger partial charge in [-0.05, 0) is 105 Å². The highest BCUT2D eigenvalue weighted by Gasteiger charge is 2.52. The highest BCUT2D eigenvalue weighted by molar-refractivity contribution is 7.25. The molecule has 2 nitrogen and oxygen atoms in total. The molecular formula is C61H40N2S.